The van der Waals surface area contributed by atoms with E-state index in [-0.39, 0.29) is 12.4 Å². The van der Waals surface area contributed by atoms with E-state index in [2.05, 4.69) is 15.5 Å². The summed E-state index contributed by atoms with van der Waals surface area (Å²) in [4.78, 5) is 32.3. The van der Waals surface area contributed by atoms with Crippen molar-refractivity contribution in [1.29, 1.82) is 0 Å². The Balaban J connectivity index is 1.63. The molecule has 1 amide bonds. The monoisotopic (exact) mass is 435 g/mol. The molecule has 0 fully saturated rings. The molecule has 2 aromatic heterocycles. The highest BCUT2D eigenvalue weighted by atomic mass is 35.5. The van der Waals surface area contributed by atoms with Crippen molar-refractivity contribution in [2.75, 3.05) is 5.32 Å². The Bertz CT molecular complexity index is 1130. The molecule has 0 bridgehead atoms. The van der Waals surface area contributed by atoms with Crippen molar-refractivity contribution in [3.05, 3.63) is 67.6 Å². The molecule has 2 heterocycles. The second kappa shape index (κ2) is 8.57. The third-order valence-electron chi connectivity index (χ3n) is 3.88. The Morgan fingerprint density at radius 1 is 1.30 bits per heavy atom. The SMILES string of the molecule is Cc1c([N+](=O)[O-])c([N+](=O)[O-])nn1CC(=O)Nc1cnn(COc2cccc(Cl)c2)c1. The minimum atomic E-state index is -0.969. The molecule has 0 aliphatic heterocycles. The summed E-state index contributed by atoms with van der Waals surface area (Å²) < 4.78 is 7.85. The molecule has 0 saturated heterocycles. The number of nitro groups is 2. The first-order valence-electron chi connectivity index (χ1n) is 8.31. The lowest BCUT2D eigenvalue weighted by atomic mass is 10.3. The Kier molecular flexibility index (Phi) is 5.92. The number of benzene rings is 1. The molecule has 14 heteroatoms. The first-order chi connectivity index (χ1) is 14.2. The Morgan fingerprint density at radius 2 is 2.07 bits per heavy atom. The number of halogens is 1. The number of rotatable bonds is 8. The average Bonchev–Trinajstić information content (AvgIpc) is 3.24. The lowest BCUT2D eigenvalue weighted by Crippen LogP contribution is -2.20. The predicted molar refractivity (Wildman–Crippen MR) is 103 cm³/mol. The smallest absolute Gasteiger partial charge is 0.468 e. The van der Waals surface area contributed by atoms with Gasteiger partial charge in [-0.3, -0.25) is 14.9 Å². The van der Waals surface area contributed by atoms with Crippen LogP contribution >= 0.6 is 11.6 Å². The van der Waals surface area contributed by atoms with Gasteiger partial charge >= 0.3 is 11.5 Å². The molecule has 0 aliphatic carbocycles. The van der Waals surface area contributed by atoms with Crippen molar-refractivity contribution in [3.63, 3.8) is 0 Å². The van der Waals surface area contributed by atoms with Crippen LogP contribution in [-0.4, -0.2) is 35.3 Å². The maximum absolute atomic E-state index is 12.2. The molecule has 1 N–H and O–H groups in total. The maximum atomic E-state index is 12.2. The quantitative estimate of drug-likeness (QED) is 0.417. The molecule has 3 aromatic rings. The standard InChI is InChI=1S/C16H14ClN7O6/c1-10-15(23(26)27)16(24(28)29)20-22(10)8-14(25)19-12-6-18-21(7-12)9-30-13-4-2-3-11(17)5-13/h2-7H,8-9H2,1H3,(H,19,25). The zero-order valence-corrected chi connectivity index (χ0v) is 16.1. The number of hydrogen-bond acceptors (Lipinski definition) is 8. The number of hydrogen-bond donors (Lipinski definition) is 1. The van der Waals surface area contributed by atoms with Crippen LogP contribution in [0.25, 0.3) is 0 Å². The van der Waals surface area contributed by atoms with E-state index < -0.39 is 33.8 Å². The van der Waals surface area contributed by atoms with Gasteiger partial charge in [0.1, 0.15) is 18.0 Å². The molecule has 0 unspecified atom stereocenters. The van der Waals surface area contributed by atoms with E-state index >= 15 is 0 Å². The van der Waals surface area contributed by atoms with Crippen molar-refractivity contribution in [1.82, 2.24) is 19.6 Å². The van der Waals surface area contributed by atoms with Gasteiger partial charge in [0, 0.05) is 5.02 Å². The van der Waals surface area contributed by atoms with Crippen LogP contribution in [-0.2, 0) is 18.1 Å². The summed E-state index contributed by atoms with van der Waals surface area (Å²) in [6, 6.07) is 6.81. The van der Waals surface area contributed by atoms with E-state index in [0.717, 1.165) is 4.68 Å². The number of nitrogens with one attached hydrogen (secondary N) is 1. The van der Waals surface area contributed by atoms with E-state index in [1.54, 1.807) is 24.3 Å². The Hall–Kier alpha value is -4.00. The van der Waals surface area contributed by atoms with Gasteiger partial charge in [0.15, 0.2) is 6.73 Å². The van der Waals surface area contributed by atoms with Crippen LogP contribution in [0.4, 0.5) is 17.2 Å². The summed E-state index contributed by atoms with van der Waals surface area (Å²) in [5.41, 5.74) is -0.519. The van der Waals surface area contributed by atoms with Crippen LogP contribution in [0.3, 0.4) is 0 Å². The fourth-order valence-corrected chi connectivity index (χ4v) is 2.72. The largest absolute Gasteiger partial charge is 0.471 e. The molecule has 13 nitrogen and oxygen atoms in total. The fraction of sp³-hybridized carbons (Fsp3) is 0.188. The lowest BCUT2D eigenvalue weighted by molar-refractivity contribution is -0.424. The van der Waals surface area contributed by atoms with Crippen molar-refractivity contribution in [3.8, 4) is 5.75 Å². The molecule has 0 atom stereocenters. The van der Waals surface area contributed by atoms with Gasteiger partial charge in [-0.15, -0.1) is 0 Å². The van der Waals surface area contributed by atoms with Gasteiger partial charge in [0.25, 0.3) is 0 Å². The summed E-state index contributed by atoms with van der Waals surface area (Å²) in [7, 11) is 0. The van der Waals surface area contributed by atoms with Gasteiger partial charge in [-0.2, -0.15) is 9.78 Å². The normalized spacial score (nSPS) is 10.6. The van der Waals surface area contributed by atoms with Crippen molar-refractivity contribution >= 4 is 34.7 Å². The molecule has 0 spiro atoms. The highest BCUT2D eigenvalue weighted by Crippen LogP contribution is 2.29. The second-order valence-electron chi connectivity index (χ2n) is 5.98. The number of carbonyl (C=O) groups excluding carboxylic acids is 1. The lowest BCUT2D eigenvalue weighted by Gasteiger charge is -2.06. The zero-order valence-electron chi connectivity index (χ0n) is 15.4. The van der Waals surface area contributed by atoms with Crippen LogP contribution in [0.2, 0.25) is 5.02 Å². The summed E-state index contributed by atoms with van der Waals surface area (Å²) in [6.07, 6.45) is 2.88. The van der Waals surface area contributed by atoms with E-state index in [1.807, 2.05) is 0 Å². The van der Waals surface area contributed by atoms with Gasteiger partial charge in [-0.05, 0) is 30.0 Å². The molecule has 1 aromatic carbocycles. The average molecular weight is 436 g/mol. The van der Waals surface area contributed by atoms with E-state index in [4.69, 9.17) is 16.3 Å². The van der Waals surface area contributed by atoms with Crippen molar-refractivity contribution < 1.29 is 19.4 Å². The van der Waals surface area contributed by atoms with Crippen LogP contribution in [0, 0.1) is 27.2 Å². The summed E-state index contributed by atoms with van der Waals surface area (Å²) in [5, 5.41) is 32.6. The zero-order chi connectivity index (χ0) is 21.8. The highest BCUT2D eigenvalue weighted by Gasteiger charge is 2.35. The fourth-order valence-electron chi connectivity index (χ4n) is 2.54. The highest BCUT2D eigenvalue weighted by molar-refractivity contribution is 6.30. The minimum absolute atomic E-state index is 0.0624. The second-order valence-corrected chi connectivity index (χ2v) is 6.41. The maximum Gasteiger partial charge on any atom is 0.468 e. The summed E-state index contributed by atoms with van der Waals surface area (Å²) >= 11 is 5.88. The third-order valence-corrected chi connectivity index (χ3v) is 4.12. The van der Waals surface area contributed by atoms with Crippen molar-refractivity contribution in [2.45, 2.75) is 20.2 Å². The number of carbonyl (C=O) groups is 1. The van der Waals surface area contributed by atoms with Crippen LogP contribution < -0.4 is 10.1 Å². The van der Waals surface area contributed by atoms with Gasteiger partial charge in [0.2, 0.25) is 5.91 Å². The first-order valence-corrected chi connectivity index (χ1v) is 8.69. The predicted octanol–water partition coefficient (Wildman–Crippen LogP) is 2.53. The molecule has 0 aliphatic rings. The molecule has 0 radical (unpaired) electrons. The number of nitrogens with zero attached hydrogens (tertiary/aromatic N) is 6. The summed E-state index contributed by atoms with van der Waals surface area (Å²) in [5.74, 6) is -0.974. The molecule has 156 valence electrons. The van der Waals surface area contributed by atoms with E-state index in [9.17, 15) is 25.0 Å². The van der Waals surface area contributed by atoms with Gasteiger partial charge in [-0.25, -0.2) is 4.68 Å². The minimum Gasteiger partial charge on any atom is -0.471 e. The third kappa shape index (κ3) is 4.70. The van der Waals surface area contributed by atoms with Gasteiger partial charge in [0.05, 0.1) is 28.1 Å². The van der Waals surface area contributed by atoms with E-state index in [0.29, 0.717) is 16.5 Å². The number of ether oxygens (including phenoxy) is 1. The van der Waals surface area contributed by atoms with Gasteiger partial charge < -0.3 is 20.2 Å². The number of anilines is 1. The molecular formula is C16H14ClN7O6. The van der Waals surface area contributed by atoms with E-state index in [1.165, 1.54) is 24.0 Å². The number of amides is 1. The van der Waals surface area contributed by atoms with Crippen LogP contribution in [0.5, 0.6) is 5.75 Å². The van der Waals surface area contributed by atoms with Gasteiger partial charge in [-0.1, -0.05) is 17.7 Å². The first kappa shape index (κ1) is 20.7. The number of aromatic nitrogens is 4. The molecular weight excluding hydrogens is 422 g/mol. The topological polar surface area (TPSA) is 160 Å². The Morgan fingerprint density at radius 3 is 2.70 bits per heavy atom. The summed E-state index contributed by atoms with van der Waals surface area (Å²) in [6.45, 7) is 0.883. The molecule has 0 saturated carbocycles. The van der Waals surface area contributed by atoms with Crippen LogP contribution in [0.1, 0.15) is 5.69 Å². The van der Waals surface area contributed by atoms with Crippen LogP contribution in [0.15, 0.2) is 36.7 Å². The Labute approximate surface area is 173 Å². The van der Waals surface area contributed by atoms with Crippen molar-refractivity contribution in [2.24, 2.45) is 0 Å². The molecule has 30 heavy (non-hydrogen) atoms. The molecule has 3 rings (SSSR count).